The Bertz CT molecular complexity index is 479. The number of rotatable bonds is 3. The maximum Gasteiger partial charge on any atom is 0.207 e. The van der Waals surface area contributed by atoms with E-state index in [-0.39, 0.29) is 6.04 Å². The highest BCUT2D eigenvalue weighted by Gasteiger charge is 2.03. The lowest BCUT2D eigenvalue weighted by Gasteiger charge is -2.11. The van der Waals surface area contributed by atoms with E-state index in [1.54, 1.807) is 0 Å². The molecule has 0 heterocycles. The minimum absolute atomic E-state index is 0.0621. The summed E-state index contributed by atoms with van der Waals surface area (Å²) in [6.45, 7) is 1.97. The van der Waals surface area contributed by atoms with Crippen LogP contribution in [0.15, 0.2) is 42.5 Å². The Labute approximate surface area is 88.9 Å². The molecule has 2 aromatic rings. The summed E-state index contributed by atoms with van der Waals surface area (Å²) < 4.78 is 0. The van der Waals surface area contributed by atoms with E-state index in [1.165, 1.54) is 10.8 Å². The third-order valence-corrected chi connectivity index (χ3v) is 2.59. The summed E-state index contributed by atoms with van der Waals surface area (Å²) in [4.78, 5) is 10.3. The molecule has 0 radical (unpaired) electrons. The predicted octanol–water partition coefficient (Wildman–Crippen LogP) is 2.65. The van der Waals surface area contributed by atoms with Gasteiger partial charge >= 0.3 is 0 Å². The van der Waals surface area contributed by atoms with Crippen molar-refractivity contribution in [3.63, 3.8) is 0 Å². The number of benzene rings is 2. The van der Waals surface area contributed by atoms with Gasteiger partial charge in [-0.15, -0.1) is 0 Å². The third-order valence-electron chi connectivity index (χ3n) is 2.59. The first-order valence-corrected chi connectivity index (χ1v) is 4.99. The van der Waals surface area contributed by atoms with Crippen LogP contribution in [0.1, 0.15) is 18.5 Å². The molecule has 2 heteroatoms. The van der Waals surface area contributed by atoms with Crippen LogP contribution in [0, 0.1) is 0 Å². The van der Waals surface area contributed by atoms with Gasteiger partial charge in [0.05, 0.1) is 6.04 Å². The fraction of sp³-hybridized carbons (Fsp3) is 0.154. The Morgan fingerprint density at radius 3 is 2.60 bits per heavy atom. The van der Waals surface area contributed by atoms with Crippen molar-refractivity contribution in [1.29, 1.82) is 0 Å². The van der Waals surface area contributed by atoms with E-state index in [1.807, 2.05) is 25.1 Å². The molecule has 2 nitrogen and oxygen atoms in total. The fourth-order valence-corrected chi connectivity index (χ4v) is 1.68. The van der Waals surface area contributed by atoms with Gasteiger partial charge in [0.1, 0.15) is 0 Å². The molecule has 15 heavy (non-hydrogen) atoms. The molecule has 1 amide bonds. The van der Waals surface area contributed by atoms with Gasteiger partial charge in [-0.3, -0.25) is 4.79 Å². The average molecular weight is 199 g/mol. The maximum absolute atomic E-state index is 10.3. The summed E-state index contributed by atoms with van der Waals surface area (Å²) in [5, 5.41) is 5.17. The Kier molecular flexibility index (Phi) is 2.68. The largest absolute Gasteiger partial charge is 0.352 e. The van der Waals surface area contributed by atoms with Crippen LogP contribution in [0.3, 0.4) is 0 Å². The lowest BCUT2D eigenvalue weighted by molar-refractivity contribution is -0.110. The van der Waals surface area contributed by atoms with Crippen molar-refractivity contribution < 1.29 is 4.79 Å². The zero-order valence-corrected chi connectivity index (χ0v) is 8.60. The van der Waals surface area contributed by atoms with Crippen molar-refractivity contribution in [3.8, 4) is 0 Å². The predicted molar refractivity (Wildman–Crippen MR) is 61.6 cm³/mol. The van der Waals surface area contributed by atoms with E-state index < -0.39 is 0 Å². The molecule has 0 spiro atoms. The number of hydrogen-bond donors (Lipinski definition) is 1. The van der Waals surface area contributed by atoms with Crippen LogP contribution in [0.5, 0.6) is 0 Å². The molecular formula is C13H13NO. The second-order valence-corrected chi connectivity index (χ2v) is 3.61. The highest BCUT2D eigenvalue weighted by molar-refractivity contribution is 5.83. The minimum atomic E-state index is 0.0621. The molecule has 0 bridgehead atoms. The fourth-order valence-electron chi connectivity index (χ4n) is 1.68. The second kappa shape index (κ2) is 4.13. The molecular weight excluding hydrogens is 186 g/mol. The van der Waals surface area contributed by atoms with Crippen molar-refractivity contribution in [3.05, 3.63) is 48.0 Å². The van der Waals surface area contributed by atoms with Crippen molar-refractivity contribution in [2.24, 2.45) is 0 Å². The van der Waals surface area contributed by atoms with Crippen molar-refractivity contribution >= 4 is 17.2 Å². The topological polar surface area (TPSA) is 29.1 Å². The number of nitrogens with one attached hydrogen (secondary N) is 1. The third kappa shape index (κ3) is 1.99. The first kappa shape index (κ1) is 9.71. The van der Waals surface area contributed by atoms with E-state index in [0.717, 1.165) is 12.0 Å². The first-order valence-electron chi connectivity index (χ1n) is 4.99. The SMILES string of the molecule is CC(NC=O)c1ccc2ccccc2c1. The lowest BCUT2D eigenvalue weighted by Crippen LogP contribution is -2.15. The first-order chi connectivity index (χ1) is 7.31. The van der Waals surface area contributed by atoms with Crippen LogP contribution in [0.25, 0.3) is 10.8 Å². The molecule has 0 fully saturated rings. The molecule has 1 unspecified atom stereocenters. The molecule has 2 aromatic carbocycles. The minimum Gasteiger partial charge on any atom is -0.352 e. The van der Waals surface area contributed by atoms with Crippen molar-refractivity contribution in [1.82, 2.24) is 5.32 Å². The molecule has 76 valence electrons. The summed E-state index contributed by atoms with van der Waals surface area (Å²) >= 11 is 0. The van der Waals surface area contributed by atoms with Gasteiger partial charge in [0.2, 0.25) is 6.41 Å². The van der Waals surface area contributed by atoms with E-state index >= 15 is 0 Å². The van der Waals surface area contributed by atoms with Gasteiger partial charge in [0.15, 0.2) is 0 Å². The lowest BCUT2D eigenvalue weighted by atomic mass is 10.0. The summed E-state index contributed by atoms with van der Waals surface area (Å²) in [7, 11) is 0. The Morgan fingerprint density at radius 1 is 1.13 bits per heavy atom. The van der Waals surface area contributed by atoms with Crippen LogP contribution in [0.2, 0.25) is 0 Å². The average Bonchev–Trinajstić information content (AvgIpc) is 2.29. The molecule has 2 rings (SSSR count). The molecule has 1 atom stereocenters. The monoisotopic (exact) mass is 199 g/mol. The normalized spacial score (nSPS) is 12.3. The van der Waals surface area contributed by atoms with Crippen LogP contribution < -0.4 is 5.32 Å². The Balaban J connectivity index is 2.42. The Morgan fingerprint density at radius 2 is 1.87 bits per heavy atom. The van der Waals surface area contributed by atoms with E-state index in [0.29, 0.717) is 0 Å². The van der Waals surface area contributed by atoms with Gasteiger partial charge < -0.3 is 5.32 Å². The maximum atomic E-state index is 10.3. The number of hydrogen-bond acceptors (Lipinski definition) is 1. The zero-order valence-electron chi connectivity index (χ0n) is 8.60. The molecule has 0 aliphatic carbocycles. The highest BCUT2D eigenvalue weighted by atomic mass is 16.1. The summed E-state index contributed by atoms with van der Waals surface area (Å²) in [5.74, 6) is 0. The van der Waals surface area contributed by atoms with Crippen molar-refractivity contribution in [2.45, 2.75) is 13.0 Å². The van der Waals surface area contributed by atoms with Gasteiger partial charge in [-0.2, -0.15) is 0 Å². The number of carbonyl (C=O) groups excluding carboxylic acids is 1. The summed E-state index contributed by atoms with van der Waals surface area (Å²) in [6.07, 6.45) is 0.736. The van der Waals surface area contributed by atoms with Crippen LogP contribution in [-0.4, -0.2) is 6.41 Å². The quantitative estimate of drug-likeness (QED) is 0.756. The van der Waals surface area contributed by atoms with Gasteiger partial charge in [-0.05, 0) is 29.3 Å². The summed E-state index contributed by atoms with van der Waals surface area (Å²) in [6, 6.07) is 14.5. The second-order valence-electron chi connectivity index (χ2n) is 3.61. The molecule has 0 aliphatic heterocycles. The highest BCUT2D eigenvalue weighted by Crippen LogP contribution is 2.19. The molecule has 0 saturated heterocycles. The smallest absolute Gasteiger partial charge is 0.207 e. The molecule has 0 aromatic heterocycles. The molecule has 0 aliphatic rings. The van der Waals surface area contributed by atoms with Gasteiger partial charge in [0.25, 0.3) is 0 Å². The molecule has 0 saturated carbocycles. The standard InChI is InChI=1S/C13H13NO/c1-10(14-9-15)12-7-6-11-4-2-3-5-13(11)8-12/h2-10H,1H3,(H,14,15). The van der Waals surface area contributed by atoms with Crippen LogP contribution in [-0.2, 0) is 4.79 Å². The van der Waals surface area contributed by atoms with Gasteiger partial charge in [0, 0.05) is 0 Å². The Hall–Kier alpha value is -1.83. The van der Waals surface area contributed by atoms with Gasteiger partial charge in [-0.25, -0.2) is 0 Å². The molecule has 1 N–H and O–H groups in total. The van der Waals surface area contributed by atoms with E-state index in [9.17, 15) is 4.79 Å². The van der Waals surface area contributed by atoms with Gasteiger partial charge in [-0.1, -0.05) is 36.4 Å². The number of fused-ring (bicyclic) bond motifs is 1. The number of carbonyl (C=O) groups is 1. The van der Waals surface area contributed by atoms with E-state index in [4.69, 9.17) is 0 Å². The van der Waals surface area contributed by atoms with Crippen LogP contribution in [0.4, 0.5) is 0 Å². The summed E-state index contributed by atoms with van der Waals surface area (Å²) in [5.41, 5.74) is 1.13. The zero-order chi connectivity index (χ0) is 10.7. The van der Waals surface area contributed by atoms with E-state index in [2.05, 4.69) is 29.6 Å². The van der Waals surface area contributed by atoms with Crippen LogP contribution >= 0.6 is 0 Å². The number of amides is 1. The van der Waals surface area contributed by atoms with Crippen molar-refractivity contribution in [2.75, 3.05) is 0 Å².